The van der Waals surface area contributed by atoms with Gasteiger partial charge in [-0.15, -0.1) is 0 Å². The summed E-state index contributed by atoms with van der Waals surface area (Å²) < 4.78 is 67.7. The number of hydrogen-bond donors (Lipinski definition) is 0. The van der Waals surface area contributed by atoms with Crippen LogP contribution in [0.2, 0.25) is 5.02 Å². The van der Waals surface area contributed by atoms with Crippen molar-refractivity contribution in [3.05, 3.63) is 77.7 Å². The third kappa shape index (κ3) is 4.85. The molecule has 0 aliphatic heterocycles. The van der Waals surface area contributed by atoms with Crippen molar-refractivity contribution < 1.29 is 26.0 Å². The second-order valence-corrected chi connectivity index (χ2v) is 11.8. The van der Waals surface area contributed by atoms with Crippen molar-refractivity contribution >= 4 is 42.2 Å². The molecular weight excluding hydrogens is 489 g/mol. The van der Waals surface area contributed by atoms with Gasteiger partial charge < -0.3 is 4.74 Å². The standard InChI is InChI=1S/C23H17ClFNO5S2/c1-32(27,28)17-11-14(25)10-16(12-17)31-15-6-7-21(24)20(13-15)18-8-9-26-23-19(18)4-3-5-22(23)33(2,29)30/h3-13H,1-2H3. The highest BCUT2D eigenvalue weighted by Gasteiger charge is 2.17. The molecule has 0 saturated heterocycles. The Morgan fingerprint density at radius 2 is 1.61 bits per heavy atom. The normalized spacial score (nSPS) is 12.1. The lowest BCUT2D eigenvalue weighted by atomic mass is 10.0. The molecule has 0 N–H and O–H groups in total. The first-order valence-corrected chi connectivity index (χ1v) is 13.7. The highest BCUT2D eigenvalue weighted by atomic mass is 35.5. The highest BCUT2D eigenvalue weighted by Crippen LogP contribution is 2.38. The molecule has 170 valence electrons. The molecule has 0 aliphatic carbocycles. The van der Waals surface area contributed by atoms with Gasteiger partial charge in [0.2, 0.25) is 0 Å². The predicted octanol–water partition coefficient (Wildman–Crippen LogP) is 5.29. The van der Waals surface area contributed by atoms with Crippen LogP contribution in [0.1, 0.15) is 0 Å². The lowest BCUT2D eigenvalue weighted by Gasteiger charge is -2.13. The Morgan fingerprint density at radius 3 is 2.30 bits per heavy atom. The minimum absolute atomic E-state index is 0.00245. The Kier molecular flexibility index (Phi) is 5.90. The zero-order chi connectivity index (χ0) is 24.0. The smallest absolute Gasteiger partial charge is 0.177 e. The molecule has 4 aromatic rings. The first-order valence-electron chi connectivity index (χ1n) is 9.50. The van der Waals surface area contributed by atoms with Crippen LogP contribution in [0.4, 0.5) is 4.39 Å². The van der Waals surface area contributed by atoms with Crippen LogP contribution in [0, 0.1) is 5.82 Å². The van der Waals surface area contributed by atoms with Crippen LogP contribution in [-0.2, 0) is 19.7 Å². The summed E-state index contributed by atoms with van der Waals surface area (Å²) in [7, 11) is -7.15. The first kappa shape index (κ1) is 23.2. The van der Waals surface area contributed by atoms with Crippen LogP contribution >= 0.6 is 11.6 Å². The molecule has 0 saturated carbocycles. The van der Waals surface area contributed by atoms with Crippen LogP contribution < -0.4 is 4.74 Å². The molecule has 6 nitrogen and oxygen atoms in total. The number of rotatable bonds is 5. The lowest BCUT2D eigenvalue weighted by molar-refractivity contribution is 0.474. The zero-order valence-corrected chi connectivity index (χ0v) is 19.8. The number of fused-ring (bicyclic) bond motifs is 1. The summed E-state index contributed by atoms with van der Waals surface area (Å²) in [5.74, 6) is -0.470. The van der Waals surface area contributed by atoms with Gasteiger partial charge in [0.25, 0.3) is 0 Å². The predicted molar refractivity (Wildman–Crippen MR) is 125 cm³/mol. The van der Waals surface area contributed by atoms with E-state index in [4.69, 9.17) is 16.3 Å². The summed E-state index contributed by atoms with van der Waals surface area (Å²) >= 11 is 6.44. The summed E-state index contributed by atoms with van der Waals surface area (Å²) in [6.07, 6.45) is 3.58. The van der Waals surface area contributed by atoms with E-state index < -0.39 is 25.5 Å². The second-order valence-electron chi connectivity index (χ2n) is 7.42. The second kappa shape index (κ2) is 8.40. The molecule has 1 heterocycles. The number of pyridine rings is 1. The SMILES string of the molecule is CS(=O)(=O)c1cc(F)cc(Oc2ccc(Cl)c(-c3ccnc4c(S(C)(=O)=O)cccc34)c2)c1. The number of para-hydroxylation sites is 1. The molecule has 0 amide bonds. The molecule has 3 aromatic carbocycles. The van der Waals surface area contributed by atoms with E-state index in [2.05, 4.69) is 4.98 Å². The minimum atomic E-state index is -3.64. The molecule has 0 aliphatic rings. The van der Waals surface area contributed by atoms with Crippen LogP contribution in [0.15, 0.2) is 76.7 Å². The van der Waals surface area contributed by atoms with E-state index in [1.807, 2.05) is 0 Å². The molecule has 0 radical (unpaired) electrons. The van der Waals surface area contributed by atoms with Crippen molar-refractivity contribution in [2.45, 2.75) is 9.79 Å². The van der Waals surface area contributed by atoms with E-state index >= 15 is 0 Å². The molecule has 1 aromatic heterocycles. The number of sulfone groups is 2. The fourth-order valence-electron chi connectivity index (χ4n) is 3.40. The summed E-state index contributed by atoms with van der Waals surface area (Å²) in [5.41, 5.74) is 1.46. The van der Waals surface area contributed by atoms with Gasteiger partial charge in [0.15, 0.2) is 19.7 Å². The maximum atomic E-state index is 14.0. The average molecular weight is 506 g/mol. The molecule has 4 rings (SSSR count). The maximum Gasteiger partial charge on any atom is 0.177 e. The summed E-state index contributed by atoms with van der Waals surface area (Å²) in [6.45, 7) is 0. The lowest BCUT2D eigenvalue weighted by Crippen LogP contribution is -2.00. The Labute approximate surface area is 195 Å². The van der Waals surface area contributed by atoms with E-state index in [1.54, 1.807) is 36.4 Å². The van der Waals surface area contributed by atoms with Crippen LogP contribution in [0.3, 0.4) is 0 Å². The Bertz CT molecular complexity index is 1620. The van der Waals surface area contributed by atoms with Gasteiger partial charge in [-0.2, -0.15) is 0 Å². The molecule has 33 heavy (non-hydrogen) atoms. The zero-order valence-electron chi connectivity index (χ0n) is 17.4. The third-order valence-corrected chi connectivity index (χ3v) is 7.42. The van der Waals surface area contributed by atoms with Gasteiger partial charge >= 0.3 is 0 Å². The Morgan fingerprint density at radius 1 is 0.848 bits per heavy atom. The van der Waals surface area contributed by atoms with Crippen molar-refractivity contribution in [1.82, 2.24) is 4.98 Å². The van der Waals surface area contributed by atoms with E-state index in [0.717, 1.165) is 24.6 Å². The van der Waals surface area contributed by atoms with Gasteiger partial charge in [0, 0.05) is 40.7 Å². The van der Waals surface area contributed by atoms with Crippen molar-refractivity contribution in [2.24, 2.45) is 0 Å². The summed E-state index contributed by atoms with van der Waals surface area (Å²) in [5, 5.41) is 0.945. The maximum absolute atomic E-state index is 14.0. The van der Waals surface area contributed by atoms with Crippen LogP contribution in [-0.4, -0.2) is 34.3 Å². The largest absolute Gasteiger partial charge is 0.457 e. The fourth-order valence-corrected chi connectivity index (χ4v) is 5.12. The van der Waals surface area contributed by atoms with E-state index in [-0.39, 0.29) is 21.3 Å². The first-order chi connectivity index (χ1) is 15.4. The molecule has 0 fully saturated rings. The van der Waals surface area contributed by atoms with E-state index in [0.29, 0.717) is 27.1 Å². The van der Waals surface area contributed by atoms with Gasteiger partial charge in [-0.05, 0) is 48.0 Å². The highest BCUT2D eigenvalue weighted by molar-refractivity contribution is 7.91. The van der Waals surface area contributed by atoms with E-state index in [9.17, 15) is 21.2 Å². The van der Waals surface area contributed by atoms with Gasteiger partial charge in [-0.3, -0.25) is 4.98 Å². The number of hydrogen-bond acceptors (Lipinski definition) is 6. The monoisotopic (exact) mass is 505 g/mol. The molecule has 0 unspecified atom stereocenters. The quantitative estimate of drug-likeness (QED) is 0.366. The molecule has 10 heteroatoms. The molecule has 0 atom stereocenters. The van der Waals surface area contributed by atoms with Gasteiger partial charge in [-0.1, -0.05) is 23.7 Å². The minimum Gasteiger partial charge on any atom is -0.457 e. The fraction of sp³-hybridized carbons (Fsp3) is 0.0870. The Hall–Kier alpha value is -3.01. The van der Waals surface area contributed by atoms with Gasteiger partial charge in [0.05, 0.1) is 15.3 Å². The van der Waals surface area contributed by atoms with Crippen LogP contribution in [0.5, 0.6) is 11.5 Å². The Balaban J connectivity index is 1.83. The van der Waals surface area contributed by atoms with Crippen molar-refractivity contribution in [3.63, 3.8) is 0 Å². The molecule has 0 bridgehead atoms. The molecule has 0 spiro atoms. The van der Waals surface area contributed by atoms with Crippen molar-refractivity contribution in [2.75, 3.05) is 12.5 Å². The van der Waals surface area contributed by atoms with Crippen molar-refractivity contribution in [3.8, 4) is 22.6 Å². The third-order valence-electron chi connectivity index (χ3n) is 4.87. The summed E-state index contributed by atoms with van der Waals surface area (Å²) in [4.78, 5) is 4.13. The average Bonchev–Trinajstić information content (AvgIpc) is 2.72. The number of halogens is 2. The van der Waals surface area contributed by atoms with Gasteiger partial charge in [0.1, 0.15) is 17.3 Å². The molecular formula is C23H17ClFNO5S2. The number of ether oxygens (including phenoxy) is 1. The topological polar surface area (TPSA) is 90.4 Å². The van der Waals surface area contributed by atoms with E-state index in [1.165, 1.54) is 18.3 Å². The number of benzene rings is 3. The van der Waals surface area contributed by atoms with Crippen molar-refractivity contribution in [1.29, 1.82) is 0 Å². The summed E-state index contributed by atoms with van der Waals surface area (Å²) in [6, 6.07) is 14.5. The van der Waals surface area contributed by atoms with Crippen LogP contribution in [0.25, 0.3) is 22.0 Å². The number of nitrogens with zero attached hydrogens (tertiary/aromatic N) is 1. The van der Waals surface area contributed by atoms with Gasteiger partial charge in [-0.25, -0.2) is 21.2 Å². The number of aromatic nitrogens is 1.